The van der Waals surface area contributed by atoms with Crippen LogP contribution in [0.2, 0.25) is 0 Å². The summed E-state index contributed by atoms with van der Waals surface area (Å²) in [4.78, 5) is 14.4. The molecule has 5 heteroatoms. The molecule has 1 aromatic rings. The summed E-state index contributed by atoms with van der Waals surface area (Å²) >= 11 is 3.54. The molecule has 0 spiro atoms. The Morgan fingerprint density at radius 1 is 1.20 bits per heavy atom. The van der Waals surface area contributed by atoms with E-state index in [2.05, 4.69) is 57.6 Å². The lowest BCUT2D eigenvalue weighted by Crippen LogP contribution is -2.50. The quantitative estimate of drug-likeness (QED) is 0.737. The maximum absolute atomic E-state index is 4.81. The van der Waals surface area contributed by atoms with Gasteiger partial charge in [0.2, 0.25) is 0 Å². The molecule has 1 unspecified atom stereocenters. The summed E-state index contributed by atoms with van der Waals surface area (Å²) in [5.41, 5.74) is -0.0201. The van der Waals surface area contributed by atoms with Crippen LogP contribution in [0.15, 0.2) is 10.7 Å². The fourth-order valence-electron chi connectivity index (χ4n) is 3.10. The molecule has 2 fully saturated rings. The zero-order chi connectivity index (χ0) is 14.3. The molecule has 0 amide bonds. The van der Waals surface area contributed by atoms with Gasteiger partial charge in [0, 0.05) is 37.2 Å². The van der Waals surface area contributed by atoms with E-state index in [-0.39, 0.29) is 5.41 Å². The minimum Gasteiger partial charge on any atom is -0.354 e. The van der Waals surface area contributed by atoms with Crippen LogP contribution in [0.3, 0.4) is 0 Å². The molecule has 0 aromatic carbocycles. The topological polar surface area (TPSA) is 32.3 Å². The molecule has 0 radical (unpaired) electrons. The summed E-state index contributed by atoms with van der Waals surface area (Å²) in [5.74, 6) is 1.99. The SMILES string of the molecule is CC(C)(C)c1nc(Br)cc(N2CCN3CCCC3C2)n1. The van der Waals surface area contributed by atoms with Crippen LogP contribution in [0, 0.1) is 0 Å². The lowest BCUT2D eigenvalue weighted by atomic mass is 9.96. The summed E-state index contributed by atoms with van der Waals surface area (Å²) in [6.45, 7) is 11.1. The van der Waals surface area contributed by atoms with Crippen molar-refractivity contribution in [1.29, 1.82) is 0 Å². The zero-order valence-electron chi connectivity index (χ0n) is 12.6. The third-order valence-electron chi connectivity index (χ3n) is 4.26. The van der Waals surface area contributed by atoms with Gasteiger partial charge in [-0.1, -0.05) is 20.8 Å². The molecule has 20 heavy (non-hydrogen) atoms. The normalized spacial score (nSPS) is 24.0. The minimum absolute atomic E-state index is 0.0201. The van der Waals surface area contributed by atoms with Gasteiger partial charge in [0.25, 0.3) is 0 Å². The first-order chi connectivity index (χ1) is 9.43. The van der Waals surface area contributed by atoms with E-state index in [4.69, 9.17) is 4.98 Å². The Labute approximate surface area is 129 Å². The maximum atomic E-state index is 4.81. The highest BCUT2D eigenvalue weighted by Crippen LogP contribution is 2.28. The van der Waals surface area contributed by atoms with E-state index in [1.54, 1.807) is 0 Å². The van der Waals surface area contributed by atoms with Crippen molar-refractivity contribution in [3.8, 4) is 0 Å². The molecule has 2 aliphatic rings. The van der Waals surface area contributed by atoms with Gasteiger partial charge >= 0.3 is 0 Å². The van der Waals surface area contributed by atoms with Gasteiger partial charge in [-0.25, -0.2) is 9.97 Å². The molecule has 1 aromatic heterocycles. The molecule has 1 atom stereocenters. The van der Waals surface area contributed by atoms with Crippen LogP contribution in [-0.4, -0.2) is 47.1 Å². The smallest absolute Gasteiger partial charge is 0.137 e. The molecule has 0 saturated carbocycles. The molecule has 4 nitrogen and oxygen atoms in total. The molecule has 110 valence electrons. The highest BCUT2D eigenvalue weighted by Gasteiger charge is 2.31. The van der Waals surface area contributed by atoms with Crippen LogP contribution in [0.1, 0.15) is 39.4 Å². The summed E-state index contributed by atoms with van der Waals surface area (Å²) in [7, 11) is 0. The van der Waals surface area contributed by atoms with Crippen LogP contribution < -0.4 is 4.90 Å². The molecule has 3 rings (SSSR count). The van der Waals surface area contributed by atoms with Crippen LogP contribution in [0.25, 0.3) is 0 Å². The van der Waals surface area contributed by atoms with Crippen LogP contribution >= 0.6 is 15.9 Å². The van der Waals surface area contributed by atoms with Gasteiger partial charge < -0.3 is 4.90 Å². The van der Waals surface area contributed by atoms with Gasteiger partial charge in [-0.3, -0.25) is 4.90 Å². The zero-order valence-corrected chi connectivity index (χ0v) is 14.2. The van der Waals surface area contributed by atoms with Gasteiger partial charge in [-0.2, -0.15) is 0 Å². The molecule has 3 heterocycles. The van der Waals surface area contributed by atoms with Crippen LogP contribution in [-0.2, 0) is 5.41 Å². The molecule has 2 saturated heterocycles. The van der Waals surface area contributed by atoms with Crippen LogP contribution in [0.5, 0.6) is 0 Å². The first kappa shape index (κ1) is 14.3. The van der Waals surface area contributed by atoms with Gasteiger partial charge in [-0.05, 0) is 35.3 Å². The number of hydrogen-bond donors (Lipinski definition) is 0. The van der Waals surface area contributed by atoms with Crippen LogP contribution in [0.4, 0.5) is 5.82 Å². The average Bonchev–Trinajstić information content (AvgIpc) is 2.84. The molecule has 0 aliphatic carbocycles. The third-order valence-corrected chi connectivity index (χ3v) is 4.67. The highest BCUT2D eigenvalue weighted by molar-refractivity contribution is 9.10. The van der Waals surface area contributed by atoms with E-state index < -0.39 is 0 Å². The van der Waals surface area contributed by atoms with E-state index in [0.717, 1.165) is 41.9 Å². The Balaban J connectivity index is 1.85. The molecule has 0 bridgehead atoms. The summed E-state index contributed by atoms with van der Waals surface area (Å²) in [5, 5.41) is 0. The number of hydrogen-bond acceptors (Lipinski definition) is 4. The van der Waals surface area contributed by atoms with Gasteiger partial charge in [-0.15, -0.1) is 0 Å². The molecule has 2 aliphatic heterocycles. The number of fused-ring (bicyclic) bond motifs is 1. The average molecular weight is 339 g/mol. The summed E-state index contributed by atoms with van der Waals surface area (Å²) in [6.07, 6.45) is 2.67. The van der Waals surface area contributed by atoms with Crippen molar-refractivity contribution in [1.82, 2.24) is 14.9 Å². The number of halogens is 1. The first-order valence-electron chi connectivity index (χ1n) is 7.47. The minimum atomic E-state index is -0.0201. The largest absolute Gasteiger partial charge is 0.354 e. The lowest BCUT2D eigenvalue weighted by molar-refractivity contribution is 0.230. The predicted octanol–water partition coefficient (Wildman–Crippen LogP) is 2.82. The van der Waals surface area contributed by atoms with Crippen molar-refractivity contribution in [3.05, 3.63) is 16.5 Å². The van der Waals surface area contributed by atoms with E-state index in [9.17, 15) is 0 Å². The van der Waals surface area contributed by atoms with E-state index in [1.807, 2.05) is 0 Å². The van der Waals surface area contributed by atoms with E-state index in [1.165, 1.54) is 19.4 Å². The highest BCUT2D eigenvalue weighted by atomic mass is 79.9. The molecular weight excluding hydrogens is 316 g/mol. The van der Waals surface area contributed by atoms with E-state index in [0.29, 0.717) is 0 Å². The number of anilines is 1. The maximum Gasteiger partial charge on any atom is 0.137 e. The Bertz CT molecular complexity index is 497. The number of rotatable bonds is 1. The number of piperazine rings is 1. The third kappa shape index (κ3) is 2.84. The summed E-state index contributed by atoms with van der Waals surface area (Å²) in [6, 6.07) is 2.77. The molecule has 0 N–H and O–H groups in total. The Hall–Kier alpha value is -0.680. The second kappa shape index (κ2) is 5.26. The van der Waals surface area contributed by atoms with Crippen molar-refractivity contribution in [3.63, 3.8) is 0 Å². The standard InChI is InChI=1S/C15H23BrN4/c1-15(2,3)14-17-12(16)9-13(18-14)20-8-7-19-6-4-5-11(19)10-20/h9,11H,4-8,10H2,1-3H3. The fraction of sp³-hybridized carbons (Fsp3) is 0.733. The van der Waals surface area contributed by atoms with Gasteiger partial charge in [0.15, 0.2) is 0 Å². The Morgan fingerprint density at radius 2 is 2.00 bits per heavy atom. The summed E-state index contributed by atoms with van der Waals surface area (Å²) < 4.78 is 0.890. The number of nitrogens with zero attached hydrogens (tertiary/aromatic N) is 4. The first-order valence-corrected chi connectivity index (χ1v) is 8.27. The second-order valence-corrected chi connectivity index (χ2v) is 7.71. The Kier molecular flexibility index (Phi) is 3.75. The second-order valence-electron chi connectivity index (χ2n) is 6.90. The fourth-order valence-corrected chi connectivity index (χ4v) is 3.48. The van der Waals surface area contributed by atoms with Crippen molar-refractivity contribution < 1.29 is 0 Å². The molecular formula is C15H23BrN4. The van der Waals surface area contributed by atoms with Crippen molar-refractivity contribution >= 4 is 21.7 Å². The monoisotopic (exact) mass is 338 g/mol. The van der Waals surface area contributed by atoms with Crippen molar-refractivity contribution in [2.45, 2.75) is 45.1 Å². The van der Waals surface area contributed by atoms with Crippen molar-refractivity contribution in [2.24, 2.45) is 0 Å². The lowest BCUT2D eigenvalue weighted by Gasteiger charge is -2.38. The van der Waals surface area contributed by atoms with Gasteiger partial charge in [0.05, 0.1) is 0 Å². The van der Waals surface area contributed by atoms with Gasteiger partial charge in [0.1, 0.15) is 16.2 Å². The predicted molar refractivity (Wildman–Crippen MR) is 85.2 cm³/mol. The Morgan fingerprint density at radius 3 is 2.75 bits per heavy atom. The van der Waals surface area contributed by atoms with E-state index >= 15 is 0 Å². The number of aromatic nitrogens is 2. The van der Waals surface area contributed by atoms with Crippen molar-refractivity contribution in [2.75, 3.05) is 31.1 Å².